The van der Waals surface area contributed by atoms with Crippen molar-refractivity contribution < 1.29 is 14.3 Å². The minimum atomic E-state index is -0.187. The summed E-state index contributed by atoms with van der Waals surface area (Å²) in [4.78, 5) is 26.9. The lowest BCUT2D eigenvalue weighted by Gasteiger charge is -2.38. The monoisotopic (exact) mass is 520 g/mol. The average molecular weight is 521 g/mol. The number of likely N-dealkylation sites (N-methyl/N-ethyl adjacent to an activating group) is 1. The van der Waals surface area contributed by atoms with Gasteiger partial charge >= 0.3 is 6.03 Å². The first-order valence-corrected chi connectivity index (χ1v) is 14.2. The highest BCUT2D eigenvalue weighted by Gasteiger charge is 2.32. The topological polar surface area (TPSA) is 82.7 Å². The standard InChI is InChI=1S/C28H45ClN4O3/c1-3-26(34)31-14-16-36-27(22-11-7-13-24(29)18-22)23-12-8-15-33(20-23)28(35)32-25(19-30-2)17-21-9-5-4-6-10-21/h7,11,13,18,21,23,25,27,30H,3-6,8-10,12,14-17,19-20H2,1-2H3,(H,31,34)(H,32,35)/t23?,25-,27-/m0/s1. The lowest BCUT2D eigenvalue weighted by molar-refractivity contribution is -0.121. The first-order valence-electron chi connectivity index (χ1n) is 13.8. The van der Waals surface area contributed by atoms with Gasteiger partial charge in [0.15, 0.2) is 0 Å². The van der Waals surface area contributed by atoms with Gasteiger partial charge in [0.2, 0.25) is 5.91 Å². The van der Waals surface area contributed by atoms with Gasteiger partial charge in [0.1, 0.15) is 0 Å². The van der Waals surface area contributed by atoms with Gasteiger partial charge < -0.3 is 25.6 Å². The zero-order valence-corrected chi connectivity index (χ0v) is 22.8. The fourth-order valence-corrected chi connectivity index (χ4v) is 5.86. The minimum Gasteiger partial charge on any atom is -0.371 e. The van der Waals surface area contributed by atoms with E-state index < -0.39 is 0 Å². The van der Waals surface area contributed by atoms with Crippen LogP contribution in [0.5, 0.6) is 0 Å². The van der Waals surface area contributed by atoms with Crippen LogP contribution in [0.1, 0.15) is 76.4 Å². The fourth-order valence-electron chi connectivity index (χ4n) is 5.66. The van der Waals surface area contributed by atoms with Crippen LogP contribution < -0.4 is 16.0 Å². The Balaban J connectivity index is 1.62. The second-order valence-corrected chi connectivity index (χ2v) is 10.8. The van der Waals surface area contributed by atoms with Gasteiger partial charge in [-0.05, 0) is 49.9 Å². The molecule has 3 N–H and O–H groups in total. The molecule has 1 aromatic rings. The van der Waals surface area contributed by atoms with E-state index in [1.54, 1.807) is 0 Å². The molecule has 0 aromatic heterocycles. The highest BCUT2D eigenvalue weighted by Crippen LogP contribution is 2.34. The summed E-state index contributed by atoms with van der Waals surface area (Å²) in [5.41, 5.74) is 1.02. The van der Waals surface area contributed by atoms with Crippen LogP contribution in [-0.2, 0) is 9.53 Å². The zero-order chi connectivity index (χ0) is 25.8. The maximum atomic E-state index is 13.3. The van der Waals surface area contributed by atoms with E-state index in [9.17, 15) is 9.59 Å². The number of piperidine rings is 1. The van der Waals surface area contributed by atoms with Crippen LogP contribution in [0.15, 0.2) is 24.3 Å². The Kier molecular flexibility index (Phi) is 12.3. The van der Waals surface area contributed by atoms with Crippen LogP contribution >= 0.6 is 11.6 Å². The third-order valence-electron chi connectivity index (χ3n) is 7.51. The van der Waals surface area contributed by atoms with Crippen LogP contribution in [0.25, 0.3) is 0 Å². The molecule has 0 radical (unpaired) electrons. The van der Waals surface area contributed by atoms with Gasteiger partial charge in [-0.2, -0.15) is 0 Å². The van der Waals surface area contributed by atoms with Crippen molar-refractivity contribution in [1.29, 1.82) is 0 Å². The summed E-state index contributed by atoms with van der Waals surface area (Å²) >= 11 is 6.30. The molecule has 36 heavy (non-hydrogen) atoms. The maximum Gasteiger partial charge on any atom is 0.317 e. The van der Waals surface area contributed by atoms with Gasteiger partial charge in [-0.1, -0.05) is 62.8 Å². The van der Waals surface area contributed by atoms with Crippen LogP contribution in [0.3, 0.4) is 0 Å². The number of amides is 3. The van der Waals surface area contributed by atoms with Gasteiger partial charge in [0.05, 0.1) is 12.7 Å². The van der Waals surface area contributed by atoms with Crippen molar-refractivity contribution in [2.45, 2.75) is 76.9 Å². The number of urea groups is 1. The SMILES string of the molecule is CCC(=O)NCCO[C@@H](c1cccc(Cl)c1)C1CCCN(C(=O)N[C@H](CNC)CC2CCCCC2)C1. The number of benzene rings is 1. The van der Waals surface area contributed by atoms with Crippen molar-refractivity contribution in [3.05, 3.63) is 34.9 Å². The zero-order valence-electron chi connectivity index (χ0n) is 22.1. The number of nitrogens with one attached hydrogen (secondary N) is 3. The second kappa shape index (κ2) is 15.4. The molecule has 7 nitrogen and oxygen atoms in total. The van der Waals surface area contributed by atoms with Gasteiger partial charge in [-0.3, -0.25) is 4.79 Å². The van der Waals surface area contributed by atoms with Crippen molar-refractivity contribution in [1.82, 2.24) is 20.9 Å². The molecule has 1 heterocycles. The molecule has 8 heteroatoms. The number of rotatable bonds is 12. The number of hydrogen-bond donors (Lipinski definition) is 3. The van der Waals surface area contributed by atoms with Crippen molar-refractivity contribution in [2.24, 2.45) is 11.8 Å². The van der Waals surface area contributed by atoms with Gasteiger partial charge in [-0.25, -0.2) is 4.79 Å². The smallest absolute Gasteiger partial charge is 0.317 e. The molecule has 1 aromatic carbocycles. The van der Waals surface area contributed by atoms with Crippen LogP contribution in [0.2, 0.25) is 5.02 Å². The number of ether oxygens (including phenoxy) is 1. The number of carbonyl (C=O) groups is 2. The Morgan fingerprint density at radius 2 is 1.97 bits per heavy atom. The third kappa shape index (κ3) is 9.24. The molecule has 1 saturated carbocycles. The van der Waals surface area contributed by atoms with Gasteiger partial charge in [0, 0.05) is 49.6 Å². The quantitative estimate of drug-likeness (QED) is 0.342. The van der Waals surface area contributed by atoms with E-state index in [2.05, 4.69) is 16.0 Å². The number of halogens is 1. The molecule has 1 aliphatic heterocycles. The molecule has 1 saturated heterocycles. The summed E-state index contributed by atoms with van der Waals surface area (Å²) in [6.07, 6.45) is 9.75. The molecule has 1 aliphatic carbocycles. The number of hydrogen-bond acceptors (Lipinski definition) is 4. The molecule has 2 aliphatic rings. The number of likely N-dealkylation sites (tertiary alicyclic amines) is 1. The molecule has 2 fully saturated rings. The summed E-state index contributed by atoms with van der Waals surface area (Å²) in [6.45, 7) is 4.90. The first kappa shape index (κ1) is 28.7. The minimum absolute atomic E-state index is 0.0165. The van der Waals surface area contributed by atoms with Crippen molar-refractivity contribution in [3.8, 4) is 0 Å². The second-order valence-electron chi connectivity index (χ2n) is 10.3. The Morgan fingerprint density at radius 1 is 1.17 bits per heavy atom. The van der Waals surface area contributed by atoms with E-state index in [1.807, 2.05) is 43.1 Å². The van der Waals surface area contributed by atoms with E-state index in [0.29, 0.717) is 37.1 Å². The van der Waals surface area contributed by atoms with Crippen molar-refractivity contribution in [2.75, 3.05) is 39.8 Å². The van der Waals surface area contributed by atoms with E-state index in [-0.39, 0.29) is 30.0 Å². The maximum absolute atomic E-state index is 13.3. The summed E-state index contributed by atoms with van der Waals surface area (Å²) < 4.78 is 6.32. The van der Waals surface area contributed by atoms with Gasteiger partial charge in [-0.15, -0.1) is 0 Å². The average Bonchev–Trinajstić information content (AvgIpc) is 2.89. The van der Waals surface area contributed by atoms with Crippen molar-refractivity contribution >= 4 is 23.5 Å². The Labute approximate surface area is 222 Å². The Morgan fingerprint density at radius 3 is 2.69 bits per heavy atom. The summed E-state index contributed by atoms with van der Waals surface area (Å²) in [5.74, 6) is 0.883. The predicted molar refractivity (Wildman–Crippen MR) is 145 cm³/mol. The first-order chi connectivity index (χ1) is 17.5. The van der Waals surface area contributed by atoms with Gasteiger partial charge in [0.25, 0.3) is 0 Å². The van der Waals surface area contributed by atoms with Crippen LogP contribution in [-0.4, -0.2) is 62.7 Å². The molecule has 1 unspecified atom stereocenters. The number of carbonyl (C=O) groups excluding carboxylic acids is 2. The fraction of sp³-hybridized carbons (Fsp3) is 0.714. The molecule has 0 spiro atoms. The molecular weight excluding hydrogens is 476 g/mol. The normalized spacial score (nSPS) is 20.5. The highest BCUT2D eigenvalue weighted by atomic mass is 35.5. The number of nitrogens with zero attached hydrogens (tertiary/aromatic N) is 1. The lowest BCUT2D eigenvalue weighted by atomic mass is 9.85. The molecule has 3 amide bonds. The molecular formula is C28H45ClN4O3. The van der Waals surface area contributed by atoms with Crippen molar-refractivity contribution in [3.63, 3.8) is 0 Å². The third-order valence-corrected chi connectivity index (χ3v) is 7.75. The summed E-state index contributed by atoms with van der Waals surface area (Å²) in [7, 11) is 1.95. The van der Waals surface area contributed by atoms with Crippen LogP contribution in [0, 0.1) is 11.8 Å². The highest BCUT2D eigenvalue weighted by molar-refractivity contribution is 6.30. The van der Waals surface area contributed by atoms with Crippen LogP contribution in [0.4, 0.5) is 4.79 Å². The summed E-state index contributed by atoms with van der Waals surface area (Å²) in [5, 5.41) is 10.1. The molecule has 202 valence electrons. The van der Waals surface area contributed by atoms with E-state index in [1.165, 1.54) is 32.1 Å². The Bertz CT molecular complexity index is 818. The molecule has 3 rings (SSSR count). The Hall–Kier alpha value is -1.83. The predicted octanol–water partition coefficient (Wildman–Crippen LogP) is 4.90. The molecule has 3 atom stereocenters. The largest absolute Gasteiger partial charge is 0.371 e. The van der Waals surface area contributed by atoms with E-state index >= 15 is 0 Å². The molecule has 0 bridgehead atoms. The lowest BCUT2D eigenvalue weighted by Crippen LogP contribution is -2.52. The summed E-state index contributed by atoms with van der Waals surface area (Å²) in [6, 6.07) is 7.95. The van der Waals surface area contributed by atoms with E-state index in [4.69, 9.17) is 16.3 Å². The van der Waals surface area contributed by atoms with E-state index in [0.717, 1.165) is 37.9 Å².